The van der Waals surface area contributed by atoms with Crippen LogP contribution in [0.5, 0.6) is 5.75 Å². The van der Waals surface area contributed by atoms with Gasteiger partial charge in [0.25, 0.3) is 0 Å². The molecule has 2 N–H and O–H groups in total. The molecule has 0 amide bonds. The maximum Gasteiger partial charge on any atom is 0.165 e. The molecule has 1 saturated carbocycles. The van der Waals surface area contributed by atoms with Gasteiger partial charge in [-0.2, -0.15) is 0 Å². The van der Waals surface area contributed by atoms with Gasteiger partial charge in [-0.25, -0.2) is 4.39 Å². The van der Waals surface area contributed by atoms with Crippen LogP contribution in [0.15, 0.2) is 12.1 Å². The standard InChI is InChI=1S/C15H22FNO2/c1-18-10-11-8-12(14(19-2)13(16)9-11)15(17)6-4-3-5-7-15/h8-9H,3-7,10,17H2,1-2H3. The zero-order valence-corrected chi connectivity index (χ0v) is 11.7. The third kappa shape index (κ3) is 2.90. The van der Waals surface area contributed by atoms with Crippen molar-refractivity contribution in [1.29, 1.82) is 0 Å². The van der Waals surface area contributed by atoms with Crippen LogP contribution in [0.1, 0.15) is 43.2 Å². The van der Waals surface area contributed by atoms with Crippen molar-refractivity contribution >= 4 is 0 Å². The molecule has 1 aliphatic carbocycles. The van der Waals surface area contributed by atoms with Gasteiger partial charge >= 0.3 is 0 Å². The molecule has 1 fully saturated rings. The van der Waals surface area contributed by atoms with E-state index in [2.05, 4.69) is 0 Å². The van der Waals surface area contributed by atoms with E-state index in [4.69, 9.17) is 15.2 Å². The average Bonchev–Trinajstić information content (AvgIpc) is 2.39. The lowest BCUT2D eigenvalue weighted by atomic mass is 9.76. The highest BCUT2D eigenvalue weighted by Gasteiger charge is 2.33. The van der Waals surface area contributed by atoms with Gasteiger partial charge in [-0.3, -0.25) is 0 Å². The summed E-state index contributed by atoms with van der Waals surface area (Å²) < 4.78 is 24.4. The highest BCUT2D eigenvalue weighted by atomic mass is 19.1. The van der Waals surface area contributed by atoms with Crippen molar-refractivity contribution in [2.24, 2.45) is 5.73 Å². The van der Waals surface area contributed by atoms with Crippen LogP contribution in [0, 0.1) is 5.82 Å². The Balaban J connectivity index is 2.46. The maximum atomic E-state index is 14.1. The minimum absolute atomic E-state index is 0.282. The minimum atomic E-state index is -0.478. The number of nitrogens with two attached hydrogens (primary N) is 1. The number of methoxy groups -OCH3 is 2. The summed E-state index contributed by atoms with van der Waals surface area (Å²) in [6.07, 6.45) is 5.10. The second-order valence-electron chi connectivity index (χ2n) is 5.31. The Morgan fingerprint density at radius 2 is 1.89 bits per heavy atom. The normalized spacial score (nSPS) is 18.3. The maximum absolute atomic E-state index is 14.1. The molecule has 0 radical (unpaired) electrons. The van der Waals surface area contributed by atoms with E-state index in [1.165, 1.54) is 19.6 Å². The number of ether oxygens (including phenoxy) is 2. The van der Waals surface area contributed by atoms with Crippen molar-refractivity contribution in [3.05, 3.63) is 29.1 Å². The minimum Gasteiger partial charge on any atom is -0.493 e. The lowest BCUT2D eigenvalue weighted by molar-refractivity contribution is 0.184. The van der Waals surface area contributed by atoms with Gasteiger partial charge in [0, 0.05) is 18.2 Å². The molecule has 0 saturated heterocycles. The Bertz CT molecular complexity index is 442. The first-order valence-electron chi connectivity index (χ1n) is 6.75. The second kappa shape index (κ2) is 5.88. The van der Waals surface area contributed by atoms with E-state index in [-0.39, 0.29) is 11.6 Å². The van der Waals surface area contributed by atoms with Crippen molar-refractivity contribution in [3.8, 4) is 5.75 Å². The quantitative estimate of drug-likeness (QED) is 0.911. The fourth-order valence-corrected chi connectivity index (χ4v) is 2.93. The predicted octanol–water partition coefficient (Wildman–Crippen LogP) is 3.10. The lowest BCUT2D eigenvalue weighted by Gasteiger charge is -2.35. The second-order valence-corrected chi connectivity index (χ2v) is 5.31. The lowest BCUT2D eigenvalue weighted by Crippen LogP contribution is -2.39. The first-order chi connectivity index (χ1) is 9.10. The van der Waals surface area contributed by atoms with E-state index in [0.29, 0.717) is 6.61 Å². The van der Waals surface area contributed by atoms with Crippen molar-refractivity contribution in [3.63, 3.8) is 0 Å². The molecule has 0 bridgehead atoms. The molecule has 0 spiro atoms. The molecule has 0 aromatic heterocycles. The summed E-state index contributed by atoms with van der Waals surface area (Å²) in [6, 6.07) is 3.38. The molecule has 2 rings (SSSR count). The summed E-state index contributed by atoms with van der Waals surface area (Å²) in [7, 11) is 3.09. The third-order valence-electron chi connectivity index (χ3n) is 3.90. The van der Waals surface area contributed by atoms with Crippen molar-refractivity contribution in [1.82, 2.24) is 0 Å². The van der Waals surface area contributed by atoms with E-state index >= 15 is 0 Å². The molecule has 3 nitrogen and oxygen atoms in total. The molecule has 106 valence electrons. The SMILES string of the molecule is COCc1cc(F)c(OC)c(C2(N)CCCCC2)c1. The smallest absolute Gasteiger partial charge is 0.165 e. The van der Waals surface area contributed by atoms with Gasteiger partial charge < -0.3 is 15.2 Å². The first-order valence-corrected chi connectivity index (χ1v) is 6.75. The van der Waals surface area contributed by atoms with E-state index < -0.39 is 5.54 Å². The summed E-state index contributed by atoms with van der Waals surface area (Å²) in [5.41, 5.74) is 7.60. The Morgan fingerprint density at radius 1 is 1.21 bits per heavy atom. The molecule has 0 heterocycles. The summed E-state index contributed by atoms with van der Waals surface area (Å²) in [5, 5.41) is 0. The van der Waals surface area contributed by atoms with E-state index in [0.717, 1.165) is 36.8 Å². The van der Waals surface area contributed by atoms with Gasteiger partial charge in [0.2, 0.25) is 0 Å². The molecule has 0 unspecified atom stereocenters. The van der Waals surface area contributed by atoms with E-state index in [1.54, 1.807) is 7.11 Å². The van der Waals surface area contributed by atoms with Crippen LogP contribution in [0.25, 0.3) is 0 Å². The fraction of sp³-hybridized carbons (Fsp3) is 0.600. The number of hydrogen-bond acceptors (Lipinski definition) is 3. The van der Waals surface area contributed by atoms with Gasteiger partial charge in [0.1, 0.15) is 0 Å². The van der Waals surface area contributed by atoms with Crippen LogP contribution >= 0.6 is 0 Å². The summed E-state index contributed by atoms with van der Waals surface area (Å²) in [5.74, 6) is -0.0771. The Hall–Kier alpha value is -1.13. The highest BCUT2D eigenvalue weighted by molar-refractivity contribution is 5.43. The highest BCUT2D eigenvalue weighted by Crippen LogP contribution is 2.40. The molecular weight excluding hydrogens is 245 g/mol. The molecule has 1 aromatic rings. The topological polar surface area (TPSA) is 44.5 Å². The van der Waals surface area contributed by atoms with E-state index in [9.17, 15) is 4.39 Å². The largest absolute Gasteiger partial charge is 0.493 e. The van der Waals surface area contributed by atoms with Crippen molar-refractivity contribution in [2.45, 2.75) is 44.2 Å². The summed E-state index contributed by atoms with van der Waals surface area (Å²) in [6.45, 7) is 0.379. The Labute approximate surface area is 113 Å². The zero-order chi connectivity index (χ0) is 13.9. The fourth-order valence-electron chi connectivity index (χ4n) is 2.93. The number of rotatable bonds is 4. The molecule has 1 aliphatic rings. The van der Waals surface area contributed by atoms with Gasteiger partial charge in [-0.05, 0) is 30.5 Å². The summed E-state index contributed by atoms with van der Waals surface area (Å²) in [4.78, 5) is 0. The van der Waals surface area contributed by atoms with Crippen LogP contribution in [-0.2, 0) is 16.9 Å². The molecule has 4 heteroatoms. The van der Waals surface area contributed by atoms with Crippen LogP contribution in [0.4, 0.5) is 4.39 Å². The van der Waals surface area contributed by atoms with Gasteiger partial charge in [-0.1, -0.05) is 19.3 Å². The van der Waals surface area contributed by atoms with Crippen LogP contribution in [0.3, 0.4) is 0 Å². The average molecular weight is 267 g/mol. The third-order valence-corrected chi connectivity index (χ3v) is 3.90. The molecular formula is C15H22FNO2. The summed E-state index contributed by atoms with van der Waals surface area (Å²) >= 11 is 0. The number of hydrogen-bond donors (Lipinski definition) is 1. The Morgan fingerprint density at radius 3 is 2.47 bits per heavy atom. The van der Waals surface area contributed by atoms with E-state index in [1.807, 2.05) is 6.07 Å². The van der Waals surface area contributed by atoms with Gasteiger partial charge in [-0.15, -0.1) is 0 Å². The zero-order valence-electron chi connectivity index (χ0n) is 11.7. The van der Waals surface area contributed by atoms with Gasteiger partial charge in [0.05, 0.1) is 13.7 Å². The van der Waals surface area contributed by atoms with Crippen LogP contribution in [-0.4, -0.2) is 14.2 Å². The first kappa shape index (κ1) is 14.3. The molecule has 1 aromatic carbocycles. The number of halogens is 1. The molecule has 0 aliphatic heterocycles. The molecule has 0 atom stereocenters. The monoisotopic (exact) mass is 267 g/mol. The van der Waals surface area contributed by atoms with Gasteiger partial charge in [0.15, 0.2) is 11.6 Å². The predicted molar refractivity (Wildman–Crippen MR) is 72.6 cm³/mol. The van der Waals surface area contributed by atoms with Crippen LogP contribution in [0.2, 0.25) is 0 Å². The van der Waals surface area contributed by atoms with Crippen molar-refractivity contribution in [2.75, 3.05) is 14.2 Å². The van der Waals surface area contributed by atoms with Crippen molar-refractivity contribution < 1.29 is 13.9 Å². The van der Waals surface area contributed by atoms with Crippen LogP contribution < -0.4 is 10.5 Å². The number of benzene rings is 1. The Kier molecular flexibility index (Phi) is 4.42. The molecule has 19 heavy (non-hydrogen) atoms.